The summed E-state index contributed by atoms with van der Waals surface area (Å²) < 4.78 is 4.96. The van der Waals surface area contributed by atoms with Crippen LogP contribution in [-0.2, 0) is 19.1 Å². The molecule has 0 fully saturated rings. The van der Waals surface area contributed by atoms with Crippen LogP contribution in [0.3, 0.4) is 0 Å². The fourth-order valence-corrected chi connectivity index (χ4v) is 1.95. The Morgan fingerprint density at radius 1 is 1.35 bits per heavy atom. The molecule has 1 aromatic rings. The van der Waals surface area contributed by atoms with Gasteiger partial charge in [-0.25, -0.2) is 4.79 Å². The van der Waals surface area contributed by atoms with Crippen molar-refractivity contribution in [1.29, 1.82) is 0 Å². The summed E-state index contributed by atoms with van der Waals surface area (Å²) in [5.41, 5.74) is 6.09. The smallest absolute Gasteiger partial charge is 0.329 e. The van der Waals surface area contributed by atoms with Crippen LogP contribution in [0.25, 0.3) is 0 Å². The first-order chi connectivity index (χ1) is 10.9. The Balaban J connectivity index is 3.07. The first-order valence-electron chi connectivity index (χ1n) is 7.01. The highest BCUT2D eigenvalue weighted by Crippen LogP contribution is 2.19. The number of carboxylic acids is 1. The maximum absolute atomic E-state index is 12.5. The zero-order chi connectivity index (χ0) is 17.4. The van der Waals surface area contributed by atoms with Gasteiger partial charge >= 0.3 is 11.9 Å². The number of benzene rings is 1. The number of aliphatic carboxylic acids is 1. The van der Waals surface area contributed by atoms with Crippen LogP contribution in [0.4, 0.5) is 5.69 Å². The molecule has 1 rings (SSSR count). The van der Waals surface area contributed by atoms with Crippen LogP contribution in [0.1, 0.15) is 13.3 Å². The maximum Gasteiger partial charge on any atom is 0.329 e. The molecule has 3 N–H and O–H groups in total. The molecule has 0 spiro atoms. The first kappa shape index (κ1) is 18.4. The molecule has 0 heterocycles. The third-order valence-corrected chi connectivity index (χ3v) is 3.06. The maximum atomic E-state index is 12.5. The predicted molar refractivity (Wildman–Crippen MR) is 84.8 cm³/mol. The minimum atomic E-state index is -1.26. The largest absolute Gasteiger partial charge is 0.481 e. The molecule has 1 amide bonds. The molecule has 124 valence electrons. The van der Waals surface area contributed by atoms with E-state index >= 15 is 0 Å². The average Bonchev–Trinajstić information content (AvgIpc) is 2.52. The summed E-state index contributed by atoms with van der Waals surface area (Å²) in [6, 6.07) is 6.18. The van der Waals surface area contributed by atoms with E-state index in [9.17, 15) is 14.4 Å². The Bertz CT molecular complexity index is 573. The van der Waals surface area contributed by atoms with E-state index in [2.05, 4.69) is 6.58 Å². The zero-order valence-corrected chi connectivity index (χ0v) is 12.8. The van der Waals surface area contributed by atoms with Crippen molar-refractivity contribution in [3.05, 3.63) is 43.0 Å². The van der Waals surface area contributed by atoms with E-state index in [0.717, 1.165) is 4.90 Å². The number of nitrogens with two attached hydrogens (primary N) is 1. The number of para-hydroxylation sites is 1. The van der Waals surface area contributed by atoms with Gasteiger partial charge in [0, 0.05) is 5.69 Å². The van der Waals surface area contributed by atoms with Crippen molar-refractivity contribution in [3.8, 4) is 0 Å². The summed E-state index contributed by atoms with van der Waals surface area (Å²) in [5.74, 6) is -2.49. The van der Waals surface area contributed by atoms with Crippen LogP contribution in [0, 0.1) is 0 Å². The number of carboxylic acid groups (broad SMARTS) is 1. The second-order valence-electron chi connectivity index (χ2n) is 4.84. The molecule has 23 heavy (non-hydrogen) atoms. The molecule has 0 radical (unpaired) electrons. The molecule has 0 saturated carbocycles. The van der Waals surface area contributed by atoms with Gasteiger partial charge in [0.1, 0.15) is 12.6 Å². The summed E-state index contributed by atoms with van der Waals surface area (Å²) in [5, 5.41) is 8.80. The number of hydrogen-bond donors (Lipinski definition) is 2. The SMILES string of the molecule is C=CCOC(=O)[C@H](C)N(C(=O)[C@@H](N)CC(=O)O)c1ccccc1. The van der Waals surface area contributed by atoms with Crippen molar-refractivity contribution in [2.75, 3.05) is 11.5 Å². The fourth-order valence-electron chi connectivity index (χ4n) is 1.95. The number of nitrogens with zero attached hydrogens (tertiary/aromatic N) is 1. The van der Waals surface area contributed by atoms with Gasteiger partial charge < -0.3 is 15.6 Å². The molecule has 0 bridgehead atoms. The van der Waals surface area contributed by atoms with Crippen molar-refractivity contribution in [3.63, 3.8) is 0 Å². The van der Waals surface area contributed by atoms with Crippen molar-refractivity contribution in [1.82, 2.24) is 0 Å². The third-order valence-electron chi connectivity index (χ3n) is 3.06. The lowest BCUT2D eigenvalue weighted by molar-refractivity contribution is -0.145. The lowest BCUT2D eigenvalue weighted by Crippen LogP contribution is -2.51. The highest BCUT2D eigenvalue weighted by atomic mass is 16.5. The molecule has 0 aliphatic carbocycles. The minimum absolute atomic E-state index is 0.0151. The number of carbonyl (C=O) groups excluding carboxylic acids is 2. The van der Waals surface area contributed by atoms with E-state index in [-0.39, 0.29) is 6.61 Å². The van der Waals surface area contributed by atoms with Crippen molar-refractivity contribution in [2.24, 2.45) is 5.73 Å². The summed E-state index contributed by atoms with van der Waals surface area (Å²) in [6.45, 7) is 4.95. The van der Waals surface area contributed by atoms with Crippen LogP contribution in [0.2, 0.25) is 0 Å². The van der Waals surface area contributed by atoms with Gasteiger partial charge in [0.15, 0.2) is 0 Å². The Labute approximate surface area is 134 Å². The Morgan fingerprint density at radius 3 is 2.48 bits per heavy atom. The highest BCUT2D eigenvalue weighted by Gasteiger charge is 2.32. The van der Waals surface area contributed by atoms with E-state index in [1.54, 1.807) is 30.3 Å². The number of hydrogen-bond acceptors (Lipinski definition) is 5. The first-order valence-corrected chi connectivity index (χ1v) is 7.01. The molecule has 1 aromatic carbocycles. The molecular formula is C16H20N2O5. The molecule has 0 aliphatic heterocycles. The topological polar surface area (TPSA) is 110 Å². The quantitative estimate of drug-likeness (QED) is 0.545. The summed E-state index contributed by atoms with van der Waals surface area (Å²) in [6.07, 6.45) is 0.881. The summed E-state index contributed by atoms with van der Waals surface area (Å²) in [7, 11) is 0. The summed E-state index contributed by atoms with van der Waals surface area (Å²) >= 11 is 0. The van der Waals surface area contributed by atoms with E-state index in [1.807, 2.05) is 0 Å². The van der Waals surface area contributed by atoms with Crippen molar-refractivity contribution in [2.45, 2.75) is 25.4 Å². The molecule has 0 aromatic heterocycles. The Hall–Kier alpha value is -2.67. The van der Waals surface area contributed by atoms with Gasteiger partial charge in [-0.1, -0.05) is 30.9 Å². The average molecular weight is 320 g/mol. The number of carbonyl (C=O) groups is 3. The van der Waals surface area contributed by atoms with E-state index in [4.69, 9.17) is 15.6 Å². The number of esters is 1. The van der Waals surface area contributed by atoms with Gasteiger partial charge in [-0.3, -0.25) is 14.5 Å². The monoisotopic (exact) mass is 320 g/mol. The van der Waals surface area contributed by atoms with Crippen LogP contribution in [0.15, 0.2) is 43.0 Å². The van der Waals surface area contributed by atoms with Crippen LogP contribution < -0.4 is 10.6 Å². The fraction of sp³-hybridized carbons (Fsp3) is 0.312. The Kier molecular flexibility index (Phi) is 6.95. The third kappa shape index (κ3) is 5.23. The number of rotatable bonds is 8. The zero-order valence-electron chi connectivity index (χ0n) is 12.8. The lowest BCUT2D eigenvalue weighted by Gasteiger charge is -2.29. The minimum Gasteiger partial charge on any atom is -0.481 e. The second kappa shape index (κ2) is 8.70. The molecule has 2 atom stereocenters. The van der Waals surface area contributed by atoms with Gasteiger partial charge in [-0.05, 0) is 19.1 Å². The van der Waals surface area contributed by atoms with Gasteiger partial charge in [-0.15, -0.1) is 0 Å². The second-order valence-corrected chi connectivity index (χ2v) is 4.84. The molecule has 0 unspecified atom stereocenters. The molecule has 7 nitrogen and oxygen atoms in total. The number of amides is 1. The highest BCUT2D eigenvalue weighted by molar-refractivity contribution is 6.03. The van der Waals surface area contributed by atoms with Crippen molar-refractivity contribution < 1.29 is 24.2 Å². The van der Waals surface area contributed by atoms with E-state index in [0.29, 0.717) is 5.69 Å². The molecular weight excluding hydrogens is 300 g/mol. The molecule has 0 saturated heterocycles. The van der Waals surface area contributed by atoms with E-state index < -0.39 is 36.4 Å². The molecule has 0 aliphatic rings. The lowest BCUT2D eigenvalue weighted by atomic mass is 10.1. The Morgan fingerprint density at radius 2 is 1.96 bits per heavy atom. The van der Waals surface area contributed by atoms with Gasteiger partial charge in [-0.2, -0.15) is 0 Å². The number of anilines is 1. The standard InChI is InChI=1S/C16H20N2O5/c1-3-9-23-16(22)11(2)18(12-7-5-4-6-8-12)15(21)13(17)10-14(19)20/h3-8,11,13H,1,9-10,17H2,2H3,(H,19,20)/t11-,13-/m0/s1. The van der Waals surface area contributed by atoms with Crippen LogP contribution in [-0.4, -0.2) is 41.6 Å². The van der Waals surface area contributed by atoms with Gasteiger partial charge in [0.05, 0.1) is 12.5 Å². The summed E-state index contributed by atoms with van der Waals surface area (Å²) in [4.78, 5) is 36.5. The van der Waals surface area contributed by atoms with Gasteiger partial charge in [0.2, 0.25) is 5.91 Å². The van der Waals surface area contributed by atoms with Crippen LogP contribution >= 0.6 is 0 Å². The normalized spacial score (nSPS) is 12.8. The number of ether oxygens (including phenoxy) is 1. The van der Waals surface area contributed by atoms with Gasteiger partial charge in [0.25, 0.3) is 0 Å². The van der Waals surface area contributed by atoms with Crippen molar-refractivity contribution >= 4 is 23.5 Å². The molecule has 7 heteroatoms. The predicted octanol–water partition coefficient (Wildman–Crippen LogP) is 0.939. The van der Waals surface area contributed by atoms with Crippen LogP contribution in [0.5, 0.6) is 0 Å². The van der Waals surface area contributed by atoms with E-state index in [1.165, 1.54) is 13.0 Å².